The summed E-state index contributed by atoms with van der Waals surface area (Å²) in [6.45, 7) is 0.655. The van der Waals surface area contributed by atoms with E-state index in [4.69, 9.17) is 0 Å². The van der Waals surface area contributed by atoms with E-state index in [0.717, 1.165) is 62.2 Å². The third-order valence-corrected chi connectivity index (χ3v) is 5.47. The van der Waals surface area contributed by atoms with Crippen LogP contribution in [0.15, 0.2) is 6.20 Å². The van der Waals surface area contributed by atoms with Gasteiger partial charge >= 0.3 is 0 Å². The topological polar surface area (TPSA) is 84.3 Å². The molecule has 24 heavy (non-hydrogen) atoms. The van der Waals surface area contributed by atoms with E-state index in [9.17, 15) is 14.4 Å². The minimum atomic E-state index is -0.330. The highest BCUT2D eigenvalue weighted by Gasteiger charge is 2.48. The molecule has 1 aromatic rings. The third-order valence-electron chi connectivity index (χ3n) is 5.47. The Hall–Kier alpha value is -2.18. The van der Waals surface area contributed by atoms with E-state index in [1.165, 1.54) is 0 Å². The van der Waals surface area contributed by atoms with Gasteiger partial charge in [-0.1, -0.05) is 12.8 Å². The van der Waals surface area contributed by atoms with E-state index in [-0.39, 0.29) is 36.1 Å². The second-order valence-electron chi connectivity index (χ2n) is 6.98. The number of carbonyl (C=O) groups excluding carboxylic acids is 3. The molecule has 3 amide bonds. The fraction of sp³-hybridized carbons (Fsp3) is 0.647. The monoisotopic (exact) mass is 330 g/mol. The summed E-state index contributed by atoms with van der Waals surface area (Å²) in [5.41, 5.74) is 0. The predicted octanol–water partition coefficient (Wildman–Crippen LogP) is 1.33. The zero-order chi connectivity index (χ0) is 16.7. The molecule has 1 aromatic heterocycles. The number of rotatable bonds is 3. The number of carbonyl (C=O) groups is 3. The van der Waals surface area contributed by atoms with Crippen LogP contribution in [0.5, 0.6) is 0 Å². The van der Waals surface area contributed by atoms with Crippen molar-refractivity contribution in [2.45, 2.75) is 51.5 Å². The number of imidazole rings is 1. The first-order chi connectivity index (χ1) is 11.6. The Bertz CT molecular complexity index is 672. The fourth-order valence-corrected chi connectivity index (χ4v) is 4.23. The SMILES string of the molecule is O=C(CN1C(=O)C2CCCCC2C1=O)Nc1cnc2n1CCCC2. The molecule has 2 aliphatic heterocycles. The van der Waals surface area contributed by atoms with Gasteiger partial charge in [-0.25, -0.2) is 4.98 Å². The normalized spacial score (nSPS) is 26.2. The summed E-state index contributed by atoms with van der Waals surface area (Å²) in [6, 6.07) is 0. The number of aromatic nitrogens is 2. The smallest absolute Gasteiger partial charge is 0.245 e. The van der Waals surface area contributed by atoms with Crippen molar-refractivity contribution in [3.8, 4) is 0 Å². The van der Waals surface area contributed by atoms with Gasteiger partial charge in [0.15, 0.2) is 0 Å². The van der Waals surface area contributed by atoms with Crippen LogP contribution in [0.1, 0.15) is 44.3 Å². The molecular weight excluding hydrogens is 308 g/mol. The summed E-state index contributed by atoms with van der Waals surface area (Å²) in [5.74, 6) is 0.555. The molecule has 0 radical (unpaired) electrons. The molecule has 0 bridgehead atoms. The second kappa shape index (κ2) is 6.03. The van der Waals surface area contributed by atoms with E-state index in [1.54, 1.807) is 6.20 Å². The highest BCUT2D eigenvalue weighted by molar-refractivity contribution is 6.08. The maximum Gasteiger partial charge on any atom is 0.245 e. The molecule has 2 atom stereocenters. The lowest BCUT2D eigenvalue weighted by atomic mass is 9.81. The second-order valence-corrected chi connectivity index (χ2v) is 6.98. The molecule has 3 heterocycles. The summed E-state index contributed by atoms with van der Waals surface area (Å²) in [4.78, 5) is 42.7. The Kier molecular flexibility index (Phi) is 3.86. The molecule has 128 valence electrons. The molecule has 2 fully saturated rings. The van der Waals surface area contributed by atoms with Gasteiger partial charge in [0.05, 0.1) is 18.0 Å². The molecule has 4 rings (SSSR count). The quantitative estimate of drug-likeness (QED) is 0.848. The van der Waals surface area contributed by atoms with E-state index < -0.39 is 0 Å². The van der Waals surface area contributed by atoms with Crippen molar-refractivity contribution >= 4 is 23.5 Å². The van der Waals surface area contributed by atoms with Gasteiger partial charge < -0.3 is 9.88 Å². The number of hydrogen-bond donors (Lipinski definition) is 1. The highest BCUT2D eigenvalue weighted by atomic mass is 16.2. The minimum Gasteiger partial charge on any atom is -0.315 e. The molecule has 1 saturated heterocycles. The number of hydrogen-bond acceptors (Lipinski definition) is 4. The van der Waals surface area contributed by atoms with Crippen LogP contribution in [0.25, 0.3) is 0 Å². The number of imide groups is 1. The van der Waals surface area contributed by atoms with Crippen LogP contribution < -0.4 is 5.32 Å². The average Bonchev–Trinajstić information content (AvgIpc) is 3.11. The van der Waals surface area contributed by atoms with Gasteiger partial charge in [-0.2, -0.15) is 0 Å². The van der Waals surface area contributed by atoms with Crippen LogP contribution in [0.4, 0.5) is 5.82 Å². The lowest BCUT2D eigenvalue weighted by molar-refractivity contribution is -0.142. The zero-order valence-corrected chi connectivity index (χ0v) is 13.7. The van der Waals surface area contributed by atoms with Crippen molar-refractivity contribution in [3.63, 3.8) is 0 Å². The summed E-state index contributed by atoms with van der Waals surface area (Å²) in [6.07, 6.45) is 8.27. The third kappa shape index (κ3) is 2.52. The Morgan fingerprint density at radius 3 is 2.54 bits per heavy atom. The first-order valence-corrected chi connectivity index (χ1v) is 8.84. The minimum absolute atomic E-state index is 0.171. The Balaban J connectivity index is 1.44. The van der Waals surface area contributed by atoms with Crippen molar-refractivity contribution in [3.05, 3.63) is 12.0 Å². The Morgan fingerprint density at radius 2 is 1.83 bits per heavy atom. The summed E-state index contributed by atoms with van der Waals surface area (Å²) in [5, 5.41) is 2.81. The first kappa shape index (κ1) is 15.4. The van der Waals surface area contributed by atoms with Gasteiger partial charge in [-0.05, 0) is 25.7 Å². The number of anilines is 1. The Morgan fingerprint density at radius 1 is 1.12 bits per heavy atom. The van der Waals surface area contributed by atoms with Crippen molar-refractivity contribution in [2.24, 2.45) is 11.8 Å². The number of nitrogens with one attached hydrogen (secondary N) is 1. The standard InChI is InChI=1S/C17H22N4O3/c22-15(19-14-9-18-13-7-3-4-8-20(13)14)10-21-16(23)11-5-1-2-6-12(11)17(21)24/h9,11-12H,1-8,10H2,(H,19,22). The van der Waals surface area contributed by atoms with Gasteiger partial charge in [-0.3, -0.25) is 19.3 Å². The van der Waals surface area contributed by atoms with Crippen LogP contribution in [0, 0.1) is 11.8 Å². The van der Waals surface area contributed by atoms with Crippen molar-refractivity contribution in [1.82, 2.24) is 14.5 Å². The molecule has 1 N–H and O–H groups in total. The first-order valence-electron chi connectivity index (χ1n) is 8.84. The summed E-state index contributed by atoms with van der Waals surface area (Å²) in [7, 11) is 0. The number of fused-ring (bicyclic) bond motifs is 2. The fourth-order valence-electron chi connectivity index (χ4n) is 4.23. The van der Waals surface area contributed by atoms with E-state index >= 15 is 0 Å². The van der Waals surface area contributed by atoms with E-state index in [1.807, 2.05) is 4.57 Å². The molecule has 1 saturated carbocycles. The van der Waals surface area contributed by atoms with Gasteiger partial charge in [0.1, 0.15) is 18.2 Å². The van der Waals surface area contributed by atoms with Crippen molar-refractivity contribution in [2.75, 3.05) is 11.9 Å². The average molecular weight is 330 g/mol. The molecule has 0 spiro atoms. The van der Waals surface area contributed by atoms with E-state index in [2.05, 4.69) is 10.3 Å². The lowest BCUT2D eigenvalue weighted by Crippen LogP contribution is -2.38. The van der Waals surface area contributed by atoms with E-state index in [0.29, 0.717) is 5.82 Å². The lowest BCUT2D eigenvalue weighted by Gasteiger charge is -2.19. The largest absolute Gasteiger partial charge is 0.315 e. The molecule has 2 unspecified atom stereocenters. The highest BCUT2D eigenvalue weighted by Crippen LogP contribution is 2.37. The number of aryl methyl sites for hydroxylation is 1. The van der Waals surface area contributed by atoms with Crippen LogP contribution >= 0.6 is 0 Å². The van der Waals surface area contributed by atoms with Crippen molar-refractivity contribution in [1.29, 1.82) is 0 Å². The number of nitrogens with zero attached hydrogens (tertiary/aromatic N) is 3. The molecular formula is C17H22N4O3. The van der Waals surface area contributed by atoms with Gasteiger partial charge in [0.2, 0.25) is 17.7 Å². The molecule has 7 heteroatoms. The van der Waals surface area contributed by atoms with Crippen molar-refractivity contribution < 1.29 is 14.4 Å². The molecule has 0 aromatic carbocycles. The Labute approximate surface area is 140 Å². The van der Waals surface area contributed by atoms with Gasteiger partial charge in [-0.15, -0.1) is 0 Å². The molecule has 1 aliphatic carbocycles. The molecule has 3 aliphatic rings. The maximum atomic E-state index is 12.4. The van der Waals surface area contributed by atoms with Gasteiger partial charge in [0.25, 0.3) is 0 Å². The van der Waals surface area contributed by atoms with Crippen LogP contribution in [-0.4, -0.2) is 38.7 Å². The predicted molar refractivity (Wildman–Crippen MR) is 86.0 cm³/mol. The number of amides is 3. The summed E-state index contributed by atoms with van der Waals surface area (Å²) < 4.78 is 2.01. The van der Waals surface area contributed by atoms with Gasteiger partial charge in [0, 0.05) is 13.0 Å². The van der Waals surface area contributed by atoms with Crippen LogP contribution in [-0.2, 0) is 27.3 Å². The summed E-state index contributed by atoms with van der Waals surface area (Å²) >= 11 is 0. The van der Waals surface area contributed by atoms with Crippen LogP contribution in [0.2, 0.25) is 0 Å². The zero-order valence-electron chi connectivity index (χ0n) is 13.7. The molecule has 7 nitrogen and oxygen atoms in total. The number of likely N-dealkylation sites (tertiary alicyclic amines) is 1. The van der Waals surface area contributed by atoms with Crippen LogP contribution in [0.3, 0.4) is 0 Å². The maximum absolute atomic E-state index is 12.4.